The molecular weight excluding hydrogens is 453 g/mol. The summed E-state index contributed by atoms with van der Waals surface area (Å²) in [7, 11) is 0. The number of benzene rings is 2. The number of ether oxygens (including phenoxy) is 2. The van der Waals surface area contributed by atoms with E-state index in [0.717, 1.165) is 41.8 Å². The fourth-order valence-corrected chi connectivity index (χ4v) is 4.74. The number of alkyl halides is 1. The molecule has 3 aromatic rings. The van der Waals surface area contributed by atoms with E-state index in [1.165, 1.54) is 0 Å². The highest BCUT2D eigenvalue weighted by atomic mass is 35.5. The molecule has 8 heteroatoms. The van der Waals surface area contributed by atoms with Crippen LogP contribution >= 0.6 is 35.1 Å². The first-order valence-electron chi connectivity index (χ1n) is 10.1. The molecule has 1 fully saturated rings. The Hall–Kier alpha value is -2.04. The summed E-state index contributed by atoms with van der Waals surface area (Å²) < 4.78 is 17.0. The molecule has 0 atom stereocenters. The molecule has 1 aliphatic carbocycles. The Labute approximate surface area is 196 Å². The van der Waals surface area contributed by atoms with Gasteiger partial charge in [-0.25, -0.2) is 0 Å². The third kappa shape index (κ3) is 4.91. The van der Waals surface area contributed by atoms with E-state index in [1.807, 2.05) is 35.0 Å². The largest absolute Gasteiger partial charge is 0.493 e. The average molecular weight is 476 g/mol. The minimum absolute atomic E-state index is 0.292. The monoisotopic (exact) mass is 475 g/mol. The van der Waals surface area contributed by atoms with Crippen molar-refractivity contribution in [3.63, 3.8) is 0 Å². The lowest BCUT2D eigenvalue weighted by atomic mass is 9.81. The fraction of sp³-hybridized carbons (Fsp3) is 0.348. The lowest BCUT2D eigenvalue weighted by Crippen LogP contribution is -2.40. The summed E-state index contributed by atoms with van der Waals surface area (Å²) in [5, 5.41) is 11.0. The molecule has 5 nitrogen and oxygen atoms in total. The smallest absolute Gasteiger partial charge is 0.155 e. The van der Waals surface area contributed by atoms with E-state index >= 15 is 0 Å². The molecule has 0 saturated heterocycles. The first-order chi connectivity index (χ1) is 15.1. The van der Waals surface area contributed by atoms with Crippen molar-refractivity contribution in [1.29, 1.82) is 5.26 Å². The maximum absolute atomic E-state index is 9.54. The van der Waals surface area contributed by atoms with Crippen molar-refractivity contribution in [2.75, 3.05) is 25.3 Å². The van der Waals surface area contributed by atoms with Crippen molar-refractivity contribution in [2.24, 2.45) is 5.92 Å². The van der Waals surface area contributed by atoms with Gasteiger partial charge >= 0.3 is 0 Å². The number of nitriles is 1. The zero-order chi connectivity index (χ0) is 21.8. The van der Waals surface area contributed by atoms with Crippen LogP contribution in [0.4, 0.5) is 0 Å². The number of rotatable bonds is 9. The molecule has 2 aromatic carbocycles. The summed E-state index contributed by atoms with van der Waals surface area (Å²) in [4.78, 5) is 0. The van der Waals surface area contributed by atoms with Gasteiger partial charge in [-0.05, 0) is 61.4 Å². The molecular formula is C23H23Cl2N3O2S. The summed E-state index contributed by atoms with van der Waals surface area (Å²) in [6.07, 6.45) is 6.34. The maximum Gasteiger partial charge on any atom is 0.155 e. The highest BCUT2D eigenvalue weighted by Gasteiger charge is 2.29. The number of nitrogens with zero attached hydrogens (tertiary/aromatic N) is 2. The zero-order valence-electron chi connectivity index (χ0n) is 17.1. The Balaban J connectivity index is 1.51. The van der Waals surface area contributed by atoms with E-state index < -0.39 is 0 Å². The number of fused-ring (bicyclic) bond motifs is 1. The topological polar surface area (TPSA) is 59.2 Å². The predicted octanol–water partition coefficient (Wildman–Crippen LogP) is 5.80. The molecule has 0 spiro atoms. The normalized spacial score (nSPS) is 17.9. The van der Waals surface area contributed by atoms with Crippen molar-refractivity contribution >= 4 is 46.1 Å². The van der Waals surface area contributed by atoms with Gasteiger partial charge in [-0.3, -0.25) is 4.72 Å². The second-order valence-corrected chi connectivity index (χ2v) is 8.96. The van der Waals surface area contributed by atoms with E-state index in [2.05, 4.69) is 17.0 Å². The molecule has 0 unspecified atom stereocenters. The third-order valence-corrected chi connectivity index (χ3v) is 6.42. The van der Waals surface area contributed by atoms with Gasteiger partial charge in [0.05, 0.1) is 28.6 Å². The van der Waals surface area contributed by atoms with Gasteiger partial charge in [-0.15, -0.1) is 11.6 Å². The van der Waals surface area contributed by atoms with Crippen LogP contribution in [0, 0.1) is 17.2 Å². The molecule has 1 saturated carbocycles. The van der Waals surface area contributed by atoms with Gasteiger partial charge in [0.2, 0.25) is 0 Å². The Morgan fingerprint density at radius 3 is 2.81 bits per heavy atom. The molecule has 162 valence electrons. The van der Waals surface area contributed by atoms with E-state index in [1.54, 1.807) is 24.1 Å². The standard InChI is InChI=1S/C23H23Cl2N3O2S/c1-31-27-18-8-15(9-18)14-30-20-2-3-22-16(11-20)4-6-28(22)19-10-17(13-26)23(21(25)12-19)29-7-5-24/h2-4,6,10-12,15,18,27H,5,7-9,14H2,1H3. The predicted molar refractivity (Wildman–Crippen MR) is 128 cm³/mol. The average Bonchev–Trinajstić information content (AvgIpc) is 3.17. The molecule has 0 radical (unpaired) electrons. The van der Waals surface area contributed by atoms with Gasteiger partial charge in [0.1, 0.15) is 18.4 Å². The van der Waals surface area contributed by atoms with Crippen molar-refractivity contribution in [1.82, 2.24) is 9.29 Å². The van der Waals surface area contributed by atoms with Crippen molar-refractivity contribution in [3.8, 4) is 23.3 Å². The second-order valence-electron chi connectivity index (χ2n) is 7.53. The summed E-state index contributed by atoms with van der Waals surface area (Å²) in [5.74, 6) is 2.17. The summed E-state index contributed by atoms with van der Waals surface area (Å²) in [6.45, 7) is 1.03. The van der Waals surface area contributed by atoms with Crippen LogP contribution in [0.3, 0.4) is 0 Å². The lowest BCUT2D eigenvalue weighted by Gasteiger charge is -2.35. The Morgan fingerprint density at radius 1 is 1.23 bits per heavy atom. The van der Waals surface area contributed by atoms with E-state index in [4.69, 9.17) is 32.7 Å². The molecule has 1 N–H and O–H groups in total. The van der Waals surface area contributed by atoms with Crippen LogP contribution in [0.25, 0.3) is 16.6 Å². The molecule has 4 rings (SSSR count). The second kappa shape index (κ2) is 10.1. The zero-order valence-corrected chi connectivity index (χ0v) is 19.4. The minimum atomic E-state index is 0.292. The molecule has 1 heterocycles. The van der Waals surface area contributed by atoms with Gasteiger partial charge in [0.25, 0.3) is 0 Å². The SMILES string of the molecule is CSNC1CC(COc2ccc3c(ccn3-c3cc(Cl)c(OCCCl)c(C#N)c3)c2)C1. The van der Waals surface area contributed by atoms with Crippen LogP contribution in [0.2, 0.25) is 5.02 Å². The summed E-state index contributed by atoms with van der Waals surface area (Å²) in [5.41, 5.74) is 2.18. The van der Waals surface area contributed by atoms with E-state index in [0.29, 0.717) is 40.8 Å². The molecule has 1 aromatic heterocycles. The summed E-state index contributed by atoms with van der Waals surface area (Å²) in [6, 6.07) is 14.4. The number of nitrogens with one attached hydrogen (secondary N) is 1. The lowest BCUT2D eigenvalue weighted by molar-refractivity contribution is 0.154. The van der Waals surface area contributed by atoms with Gasteiger partial charge in [0.15, 0.2) is 5.75 Å². The van der Waals surface area contributed by atoms with Gasteiger partial charge < -0.3 is 14.0 Å². The van der Waals surface area contributed by atoms with Crippen LogP contribution in [0.15, 0.2) is 42.6 Å². The van der Waals surface area contributed by atoms with Crippen LogP contribution < -0.4 is 14.2 Å². The fourth-order valence-electron chi connectivity index (χ4n) is 3.87. The van der Waals surface area contributed by atoms with Crippen molar-refractivity contribution < 1.29 is 9.47 Å². The number of hydrogen-bond donors (Lipinski definition) is 1. The summed E-state index contributed by atoms with van der Waals surface area (Å²) >= 11 is 13.8. The molecule has 0 bridgehead atoms. The molecule has 31 heavy (non-hydrogen) atoms. The number of hydrogen-bond acceptors (Lipinski definition) is 5. The van der Waals surface area contributed by atoms with Crippen molar-refractivity contribution in [3.05, 3.63) is 53.2 Å². The van der Waals surface area contributed by atoms with E-state index in [-0.39, 0.29) is 0 Å². The molecule has 1 aliphatic rings. The first kappa shape index (κ1) is 22.2. The van der Waals surface area contributed by atoms with Crippen LogP contribution in [-0.4, -0.2) is 36.0 Å². The van der Waals surface area contributed by atoms with Crippen LogP contribution in [0.1, 0.15) is 18.4 Å². The minimum Gasteiger partial charge on any atom is -0.493 e. The Bertz CT molecular complexity index is 1110. The quantitative estimate of drug-likeness (QED) is 0.313. The number of aromatic nitrogens is 1. The Morgan fingerprint density at radius 2 is 2.06 bits per heavy atom. The Kier molecular flexibility index (Phi) is 7.19. The van der Waals surface area contributed by atoms with Crippen LogP contribution in [-0.2, 0) is 0 Å². The van der Waals surface area contributed by atoms with E-state index in [9.17, 15) is 5.26 Å². The van der Waals surface area contributed by atoms with Crippen molar-refractivity contribution in [2.45, 2.75) is 18.9 Å². The number of halogens is 2. The highest BCUT2D eigenvalue weighted by molar-refractivity contribution is 7.96. The maximum atomic E-state index is 9.54. The van der Waals surface area contributed by atoms with Crippen LogP contribution in [0.5, 0.6) is 11.5 Å². The van der Waals surface area contributed by atoms with Gasteiger partial charge in [-0.1, -0.05) is 23.5 Å². The highest BCUT2D eigenvalue weighted by Crippen LogP contribution is 2.34. The van der Waals surface area contributed by atoms with Gasteiger partial charge in [-0.2, -0.15) is 5.26 Å². The third-order valence-electron chi connectivity index (χ3n) is 5.42. The van der Waals surface area contributed by atoms with Gasteiger partial charge in [0, 0.05) is 23.3 Å². The first-order valence-corrected chi connectivity index (χ1v) is 12.2. The molecule has 0 aliphatic heterocycles. The molecule has 0 amide bonds.